The lowest BCUT2D eigenvalue weighted by atomic mass is 10.3. The first-order valence-electron chi connectivity index (χ1n) is 6.70. The molecule has 0 unspecified atom stereocenters. The van der Waals surface area contributed by atoms with Crippen LogP contribution in [0.5, 0.6) is 0 Å². The fourth-order valence-electron chi connectivity index (χ4n) is 2.43. The van der Waals surface area contributed by atoms with Crippen molar-refractivity contribution in [3.05, 3.63) is 40.3 Å². The van der Waals surface area contributed by atoms with Crippen molar-refractivity contribution < 1.29 is 0 Å². The first-order valence-corrected chi connectivity index (χ1v) is 6.70. The third kappa shape index (κ3) is 2.46. The van der Waals surface area contributed by atoms with Gasteiger partial charge >= 0.3 is 0 Å². The highest BCUT2D eigenvalue weighted by atomic mass is 16.1. The molecule has 0 spiro atoms. The molecular weight excluding hydrogens is 240 g/mol. The van der Waals surface area contributed by atoms with Gasteiger partial charge in [0.15, 0.2) is 0 Å². The Kier molecular flexibility index (Phi) is 3.21. The van der Waals surface area contributed by atoms with Crippen molar-refractivity contribution in [1.82, 2.24) is 14.7 Å². The van der Waals surface area contributed by atoms with Gasteiger partial charge in [-0.05, 0) is 31.5 Å². The van der Waals surface area contributed by atoms with Gasteiger partial charge in [0, 0.05) is 31.9 Å². The summed E-state index contributed by atoms with van der Waals surface area (Å²) in [7, 11) is 0. The maximum absolute atomic E-state index is 12.2. The second-order valence-corrected chi connectivity index (χ2v) is 4.98. The van der Waals surface area contributed by atoms with Crippen LogP contribution in [0, 0.1) is 6.92 Å². The van der Waals surface area contributed by atoms with E-state index in [0.717, 1.165) is 44.0 Å². The summed E-state index contributed by atoms with van der Waals surface area (Å²) >= 11 is 0. The minimum Gasteiger partial charge on any atom is -0.355 e. The van der Waals surface area contributed by atoms with E-state index in [2.05, 4.69) is 15.2 Å². The van der Waals surface area contributed by atoms with Gasteiger partial charge in [0.05, 0.1) is 0 Å². The van der Waals surface area contributed by atoms with Crippen LogP contribution in [0.4, 0.5) is 5.82 Å². The predicted octanol–water partition coefficient (Wildman–Crippen LogP) is 0.803. The summed E-state index contributed by atoms with van der Waals surface area (Å²) in [5, 5.41) is 3.35. The molecule has 1 N–H and O–H groups in total. The molecule has 1 aliphatic rings. The average Bonchev–Trinajstić information content (AvgIpc) is 2.68. The Balaban J connectivity index is 2.05. The maximum Gasteiger partial charge on any atom is 0.259 e. The van der Waals surface area contributed by atoms with Gasteiger partial charge in [0.1, 0.15) is 11.5 Å². The molecule has 0 bridgehead atoms. The van der Waals surface area contributed by atoms with Crippen LogP contribution in [0.3, 0.4) is 0 Å². The SMILES string of the molecule is Cc1ccc2nc(N3CCCNCC3)cc(=O)n2c1. The molecule has 3 heterocycles. The fourth-order valence-corrected chi connectivity index (χ4v) is 2.43. The summed E-state index contributed by atoms with van der Waals surface area (Å²) < 4.78 is 1.61. The largest absolute Gasteiger partial charge is 0.355 e. The van der Waals surface area contributed by atoms with Crippen LogP contribution in [0.15, 0.2) is 29.2 Å². The lowest BCUT2D eigenvalue weighted by Gasteiger charge is -2.21. The normalized spacial score (nSPS) is 16.6. The lowest BCUT2D eigenvalue weighted by molar-refractivity contribution is 0.724. The summed E-state index contributed by atoms with van der Waals surface area (Å²) in [6.07, 6.45) is 2.91. The zero-order valence-corrected chi connectivity index (χ0v) is 11.1. The number of nitrogens with zero attached hydrogens (tertiary/aromatic N) is 3. The van der Waals surface area contributed by atoms with Crippen molar-refractivity contribution in [2.45, 2.75) is 13.3 Å². The smallest absolute Gasteiger partial charge is 0.259 e. The Morgan fingerprint density at radius 3 is 3.05 bits per heavy atom. The number of anilines is 1. The fraction of sp³-hybridized carbons (Fsp3) is 0.429. The van der Waals surface area contributed by atoms with Crippen LogP contribution < -0.4 is 15.8 Å². The van der Waals surface area contributed by atoms with Gasteiger partial charge in [-0.1, -0.05) is 6.07 Å². The molecule has 3 rings (SSSR count). The third-order valence-corrected chi connectivity index (χ3v) is 3.46. The highest BCUT2D eigenvalue weighted by molar-refractivity contribution is 5.48. The molecule has 1 aliphatic heterocycles. The quantitative estimate of drug-likeness (QED) is 0.822. The van der Waals surface area contributed by atoms with Gasteiger partial charge in [-0.25, -0.2) is 4.98 Å². The molecule has 0 saturated carbocycles. The molecule has 0 aliphatic carbocycles. The minimum absolute atomic E-state index is 0.0130. The number of aryl methyl sites for hydroxylation is 1. The molecule has 2 aromatic heterocycles. The summed E-state index contributed by atoms with van der Waals surface area (Å²) in [6, 6.07) is 5.52. The van der Waals surface area contributed by atoms with Crippen LogP contribution in [0.2, 0.25) is 0 Å². The van der Waals surface area contributed by atoms with E-state index in [1.54, 1.807) is 10.5 Å². The molecule has 5 nitrogen and oxygen atoms in total. The Hall–Kier alpha value is -1.88. The van der Waals surface area contributed by atoms with Crippen LogP contribution in [-0.2, 0) is 0 Å². The van der Waals surface area contributed by atoms with Crippen molar-refractivity contribution in [3.8, 4) is 0 Å². The van der Waals surface area contributed by atoms with Gasteiger partial charge in [0.25, 0.3) is 5.56 Å². The lowest BCUT2D eigenvalue weighted by Crippen LogP contribution is -2.30. The zero-order chi connectivity index (χ0) is 13.2. The number of fused-ring (bicyclic) bond motifs is 1. The molecule has 1 fully saturated rings. The maximum atomic E-state index is 12.2. The first-order chi connectivity index (χ1) is 9.24. The van der Waals surface area contributed by atoms with Crippen LogP contribution in [-0.4, -0.2) is 35.6 Å². The second-order valence-electron chi connectivity index (χ2n) is 4.98. The van der Waals surface area contributed by atoms with Gasteiger partial charge in [-0.3, -0.25) is 9.20 Å². The van der Waals surface area contributed by atoms with Crippen LogP contribution in [0.25, 0.3) is 5.65 Å². The van der Waals surface area contributed by atoms with E-state index in [0.29, 0.717) is 5.65 Å². The molecule has 2 aromatic rings. The summed E-state index contributed by atoms with van der Waals surface area (Å²) in [5.74, 6) is 0.789. The monoisotopic (exact) mass is 258 g/mol. The number of hydrogen-bond donors (Lipinski definition) is 1. The van der Waals surface area contributed by atoms with E-state index in [9.17, 15) is 4.79 Å². The number of aromatic nitrogens is 2. The average molecular weight is 258 g/mol. The number of rotatable bonds is 1. The number of nitrogens with one attached hydrogen (secondary N) is 1. The molecule has 100 valence electrons. The van der Waals surface area contributed by atoms with E-state index in [1.807, 2.05) is 25.3 Å². The highest BCUT2D eigenvalue weighted by Gasteiger charge is 2.12. The number of hydrogen-bond acceptors (Lipinski definition) is 4. The van der Waals surface area contributed by atoms with Crippen LogP contribution >= 0.6 is 0 Å². The molecule has 0 aromatic carbocycles. The Labute approximate surface area is 111 Å². The van der Waals surface area contributed by atoms with Crippen molar-refractivity contribution in [2.24, 2.45) is 0 Å². The van der Waals surface area contributed by atoms with Crippen molar-refractivity contribution in [2.75, 3.05) is 31.1 Å². The summed E-state index contributed by atoms with van der Waals surface area (Å²) in [6.45, 7) is 5.79. The van der Waals surface area contributed by atoms with Gasteiger partial charge in [-0.2, -0.15) is 0 Å². The van der Waals surface area contributed by atoms with Gasteiger partial charge in [-0.15, -0.1) is 0 Å². The molecule has 19 heavy (non-hydrogen) atoms. The van der Waals surface area contributed by atoms with E-state index < -0.39 is 0 Å². The third-order valence-electron chi connectivity index (χ3n) is 3.46. The van der Waals surface area contributed by atoms with Crippen LogP contribution in [0.1, 0.15) is 12.0 Å². The standard InChI is InChI=1S/C14H18N4O/c1-11-3-4-12-16-13(9-14(19)18(12)10-11)17-7-2-5-15-6-8-17/h3-4,9-10,15H,2,5-8H2,1H3. The van der Waals surface area contributed by atoms with Crippen molar-refractivity contribution in [3.63, 3.8) is 0 Å². The zero-order valence-electron chi connectivity index (χ0n) is 11.1. The van der Waals surface area contributed by atoms with E-state index >= 15 is 0 Å². The molecule has 5 heteroatoms. The Bertz CT molecular complexity index is 641. The van der Waals surface area contributed by atoms with Crippen molar-refractivity contribution in [1.29, 1.82) is 0 Å². The summed E-state index contributed by atoms with van der Waals surface area (Å²) in [5.41, 5.74) is 1.76. The minimum atomic E-state index is -0.0130. The topological polar surface area (TPSA) is 49.6 Å². The molecule has 0 amide bonds. The molecule has 1 saturated heterocycles. The van der Waals surface area contributed by atoms with Gasteiger partial charge < -0.3 is 10.2 Å². The highest BCUT2D eigenvalue weighted by Crippen LogP contribution is 2.11. The van der Waals surface area contributed by atoms with E-state index in [4.69, 9.17) is 0 Å². The van der Waals surface area contributed by atoms with E-state index in [1.165, 1.54) is 0 Å². The Morgan fingerprint density at radius 1 is 1.26 bits per heavy atom. The number of pyridine rings is 1. The summed E-state index contributed by atoms with van der Waals surface area (Å²) in [4.78, 5) is 18.9. The second kappa shape index (κ2) is 5.01. The van der Waals surface area contributed by atoms with Gasteiger partial charge in [0.2, 0.25) is 0 Å². The Morgan fingerprint density at radius 2 is 2.16 bits per heavy atom. The predicted molar refractivity (Wildman–Crippen MR) is 75.9 cm³/mol. The molecule has 0 atom stereocenters. The molecular formula is C14H18N4O. The first kappa shape index (κ1) is 12.2. The molecule has 0 radical (unpaired) electrons. The van der Waals surface area contributed by atoms with Crippen molar-refractivity contribution >= 4 is 11.5 Å². The van der Waals surface area contributed by atoms with E-state index in [-0.39, 0.29) is 5.56 Å².